The van der Waals surface area contributed by atoms with E-state index in [-0.39, 0.29) is 66.3 Å². The van der Waals surface area contributed by atoms with Gasteiger partial charge in [0.15, 0.2) is 0 Å². The summed E-state index contributed by atoms with van der Waals surface area (Å²) in [7, 11) is -23.9. The Bertz CT molecular complexity index is 1510. The van der Waals surface area contributed by atoms with Gasteiger partial charge in [0.1, 0.15) is 19.6 Å². The summed E-state index contributed by atoms with van der Waals surface area (Å²) in [5, 5.41) is 7.74. The van der Waals surface area contributed by atoms with E-state index in [0.717, 1.165) is 24.3 Å². The number of rotatable bonds is 11. The van der Waals surface area contributed by atoms with Gasteiger partial charge >= 0.3 is 5.97 Å². The molecule has 2 rings (SSSR count). The van der Waals surface area contributed by atoms with Gasteiger partial charge < -0.3 is 5.11 Å². The van der Waals surface area contributed by atoms with Crippen molar-refractivity contribution < 1.29 is 103 Å². The molecule has 0 spiro atoms. The number of hydrogen-bond donors (Lipinski definition) is 5. The van der Waals surface area contributed by atoms with Gasteiger partial charge in [0.05, 0.1) is 0 Å². The SMILES string of the molecule is O=C(O)CCCCP(c1cccc(S(=O)(=O)O)c1S(=O)(=O)O)c1cccc(S(=O)(=O)O)c1S(=O)(=O)O.[Pd].[Pd]. The normalized spacial score (nSPS) is 12.4. The molecule has 0 aromatic heterocycles. The first-order valence-corrected chi connectivity index (χ1v) is 16.7. The van der Waals surface area contributed by atoms with E-state index >= 15 is 0 Å². The van der Waals surface area contributed by atoms with E-state index in [0.29, 0.717) is 12.1 Å². The molecule has 0 aliphatic rings. The summed E-state index contributed by atoms with van der Waals surface area (Å²) in [6.45, 7) is 0. The van der Waals surface area contributed by atoms with Crippen molar-refractivity contribution in [1.29, 1.82) is 0 Å². The molecule has 0 fully saturated rings. The average Bonchev–Trinajstić information content (AvgIpc) is 2.70. The van der Waals surface area contributed by atoms with Crippen LogP contribution in [0, 0.1) is 0 Å². The van der Waals surface area contributed by atoms with E-state index in [4.69, 9.17) is 5.11 Å². The standard InChI is InChI=1S/C17H19O14PS4.2Pd/c18-15(19)9-1-2-10-32(11-5-3-7-13(33(20,21)22)16(11)35(26,27)28)12-6-4-8-14(34(23,24)25)17(12)36(29,30)31;;/h3-8H,1-2,9-10H2,(H,18,19)(H,20,21,22)(H,23,24,25)(H,26,27,28)(H,29,30,31);;. The minimum absolute atomic E-state index is 0. The average molecular weight is 819 g/mol. The first kappa shape index (κ1) is 37.3. The monoisotopic (exact) mass is 818 g/mol. The van der Waals surface area contributed by atoms with E-state index in [1.54, 1.807) is 0 Å². The number of aliphatic carboxylic acids is 1. The van der Waals surface area contributed by atoms with E-state index in [2.05, 4.69) is 0 Å². The van der Waals surface area contributed by atoms with Gasteiger partial charge in [-0.3, -0.25) is 23.0 Å². The third-order valence-corrected chi connectivity index (χ3v) is 11.5. The Kier molecular flexibility index (Phi) is 13.5. The van der Waals surface area contributed by atoms with E-state index in [9.17, 15) is 56.7 Å². The molecule has 0 aliphatic heterocycles. The van der Waals surface area contributed by atoms with Crippen molar-refractivity contribution >= 4 is 65.0 Å². The first-order valence-electron chi connectivity index (χ1n) is 9.41. The molecule has 0 saturated heterocycles. The summed E-state index contributed by atoms with van der Waals surface area (Å²) < 4.78 is 135. The number of benzene rings is 2. The topological polar surface area (TPSA) is 255 Å². The van der Waals surface area contributed by atoms with Crippen molar-refractivity contribution in [2.24, 2.45) is 0 Å². The van der Waals surface area contributed by atoms with Crippen molar-refractivity contribution in [2.45, 2.75) is 38.8 Å². The Morgan fingerprint density at radius 1 is 0.632 bits per heavy atom. The van der Waals surface area contributed by atoms with Gasteiger partial charge in [-0.2, -0.15) is 33.7 Å². The Hall–Kier alpha value is -0.695. The minimum Gasteiger partial charge on any atom is -0.481 e. The van der Waals surface area contributed by atoms with E-state index < -0.39 is 84.6 Å². The zero-order valence-corrected chi connectivity index (χ0v) is 25.7. The van der Waals surface area contributed by atoms with Gasteiger partial charge in [-0.05, 0) is 39.1 Å². The maximum Gasteiger partial charge on any atom is 0.303 e. The van der Waals surface area contributed by atoms with Crippen LogP contribution < -0.4 is 10.6 Å². The van der Waals surface area contributed by atoms with Crippen LogP contribution in [0.15, 0.2) is 56.0 Å². The summed E-state index contributed by atoms with van der Waals surface area (Å²) in [5.74, 6) is -1.20. The maximum absolute atomic E-state index is 12.2. The van der Waals surface area contributed by atoms with Crippen molar-refractivity contribution in [3.63, 3.8) is 0 Å². The summed E-state index contributed by atoms with van der Waals surface area (Å²) in [4.78, 5) is 5.68. The molecular weight excluding hydrogens is 800 g/mol. The van der Waals surface area contributed by atoms with E-state index in [1.165, 1.54) is 0 Å². The molecule has 2 aromatic carbocycles. The van der Waals surface area contributed by atoms with Crippen LogP contribution in [-0.2, 0) is 86.1 Å². The molecule has 0 heterocycles. The molecule has 2 aromatic rings. The van der Waals surface area contributed by atoms with Gasteiger partial charge in [0.25, 0.3) is 40.5 Å². The molecule has 0 saturated carbocycles. The third kappa shape index (κ3) is 9.45. The zero-order chi connectivity index (χ0) is 27.7. The molecule has 14 nitrogen and oxygen atoms in total. The quantitative estimate of drug-likeness (QED) is 0.0889. The molecule has 21 heteroatoms. The van der Waals surface area contributed by atoms with Crippen LogP contribution in [0.2, 0.25) is 0 Å². The summed E-state index contributed by atoms with van der Waals surface area (Å²) in [6.07, 6.45) is -0.750. The molecule has 220 valence electrons. The predicted octanol–water partition coefficient (Wildman–Crippen LogP) is 0.356. The summed E-state index contributed by atoms with van der Waals surface area (Å²) in [5.41, 5.74) is 0. The van der Waals surface area contributed by atoms with Gasteiger partial charge in [-0.25, -0.2) is 0 Å². The van der Waals surface area contributed by atoms with Crippen molar-refractivity contribution in [3.8, 4) is 0 Å². The van der Waals surface area contributed by atoms with Crippen LogP contribution in [0.25, 0.3) is 0 Å². The second-order valence-corrected chi connectivity index (χ2v) is 14.9. The molecule has 38 heavy (non-hydrogen) atoms. The maximum atomic E-state index is 12.2. The fourth-order valence-corrected chi connectivity index (χ4v) is 11.1. The van der Waals surface area contributed by atoms with Gasteiger partial charge in [0, 0.05) is 57.9 Å². The third-order valence-electron chi connectivity index (χ3n) is 4.59. The van der Waals surface area contributed by atoms with Crippen LogP contribution in [-0.4, -0.2) is 69.1 Å². The predicted molar refractivity (Wildman–Crippen MR) is 125 cm³/mol. The smallest absolute Gasteiger partial charge is 0.303 e. The zero-order valence-electron chi connectivity index (χ0n) is 18.4. The Balaban J connectivity index is 0.00000684. The van der Waals surface area contributed by atoms with Crippen LogP contribution in [0.4, 0.5) is 0 Å². The molecule has 0 amide bonds. The van der Waals surface area contributed by atoms with Crippen molar-refractivity contribution in [1.82, 2.24) is 0 Å². The fourth-order valence-electron chi connectivity index (χ4n) is 3.28. The Morgan fingerprint density at radius 2 is 1.00 bits per heavy atom. The van der Waals surface area contributed by atoms with Gasteiger partial charge in [-0.1, -0.05) is 24.3 Å². The van der Waals surface area contributed by atoms with Crippen LogP contribution in [0.5, 0.6) is 0 Å². The van der Waals surface area contributed by atoms with Crippen LogP contribution in [0.3, 0.4) is 0 Å². The number of hydrogen-bond acceptors (Lipinski definition) is 9. The number of unbranched alkanes of at least 4 members (excludes halogenated alkanes) is 1. The van der Waals surface area contributed by atoms with Crippen molar-refractivity contribution in [3.05, 3.63) is 36.4 Å². The second kappa shape index (κ2) is 13.8. The number of carbonyl (C=O) groups is 1. The van der Waals surface area contributed by atoms with Gasteiger partial charge in [0.2, 0.25) is 0 Å². The minimum atomic E-state index is -5.43. The van der Waals surface area contributed by atoms with Crippen LogP contribution in [0.1, 0.15) is 19.3 Å². The second-order valence-electron chi connectivity index (χ2n) is 7.11. The Morgan fingerprint density at radius 3 is 1.29 bits per heavy atom. The summed E-state index contributed by atoms with van der Waals surface area (Å²) in [6, 6.07) is 5.12. The molecule has 0 unspecified atom stereocenters. The number of carboxylic acids is 1. The Labute approximate surface area is 247 Å². The molecule has 5 N–H and O–H groups in total. The van der Waals surface area contributed by atoms with E-state index in [1.807, 2.05) is 0 Å². The fraction of sp³-hybridized carbons (Fsp3) is 0.235. The molecule has 0 radical (unpaired) electrons. The molecule has 0 bridgehead atoms. The van der Waals surface area contributed by atoms with Crippen LogP contribution >= 0.6 is 7.92 Å². The van der Waals surface area contributed by atoms with Gasteiger partial charge in [-0.15, -0.1) is 0 Å². The molecule has 0 aliphatic carbocycles. The van der Waals surface area contributed by atoms with Crippen molar-refractivity contribution in [2.75, 3.05) is 6.16 Å². The largest absolute Gasteiger partial charge is 0.481 e. The summed E-state index contributed by atoms with van der Waals surface area (Å²) >= 11 is 0. The molecule has 0 atom stereocenters. The molecular formula is C17H19O14PPd2S4. The first-order chi connectivity index (χ1) is 16.3. The number of carboxylic acid groups (broad SMARTS) is 1.